The molecule has 0 bridgehead atoms. The number of methoxy groups -OCH3 is 1. The van der Waals surface area contributed by atoms with Crippen LogP contribution in [0.2, 0.25) is 0 Å². The first-order valence-electron chi connectivity index (χ1n) is 9.47. The SMILES string of the molecule is CCc1nnc(NS(=O)(=O)c2ccc(Nc3nnc(C(=O)OC)c4ccccc34)cc2)s1. The highest BCUT2D eigenvalue weighted by atomic mass is 32.2. The normalized spacial score (nSPS) is 11.3. The molecule has 32 heavy (non-hydrogen) atoms. The van der Waals surface area contributed by atoms with Gasteiger partial charge in [-0.1, -0.05) is 42.5 Å². The van der Waals surface area contributed by atoms with Crippen LogP contribution in [-0.2, 0) is 21.2 Å². The summed E-state index contributed by atoms with van der Waals surface area (Å²) in [6.07, 6.45) is 0.679. The van der Waals surface area contributed by atoms with E-state index in [0.717, 1.165) is 5.01 Å². The van der Waals surface area contributed by atoms with Crippen molar-refractivity contribution in [1.82, 2.24) is 20.4 Å². The molecule has 0 aliphatic rings. The molecule has 2 aromatic heterocycles. The molecule has 12 heteroatoms. The molecule has 0 radical (unpaired) electrons. The van der Waals surface area contributed by atoms with Crippen LogP contribution in [0.3, 0.4) is 0 Å². The Hall–Kier alpha value is -3.64. The molecular formula is C20H18N6O4S2. The highest BCUT2D eigenvalue weighted by Gasteiger charge is 2.18. The van der Waals surface area contributed by atoms with Crippen LogP contribution in [-0.4, -0.2) is 41.9 Å². The number of nitrogens with zero attached hydrogens (tertiary/aromatic N) is 4. The van der Waals surface area contributed by atoms with Crippen molar-refractivity contribution in [3.8, 4) is 0 Å². The van der Waals surface area contributed by atoms with E-state index in [1.54, 1.807) is 30.3 Å². The van der Waals surface area contributed by atoms with E-state index in [1.165, 1.54) is 30.6 Å². The fourth-order valence-electron chi connectivity index (χ4n) is 2.91. The van der Waals surface area contributed by atoms with Crippen LogP contribution in [0.25, 0.3) is 10.8 Å². The van der Waals surface area contributed by atoms with Crippen molar-refractivity contribution in [1.29, 1.82) is 0 Å². The van der Waals surface area contributed by atoms with E-state index in [1.807, 2.05) is 13.0 Å². The van der Waals surface area contributed by atoms with Gasteiger partial charge in [-0.25, -0.2) is 13.2 Å². The molecule has 10 nitrogen and oxygen atoms in total. The topological polar surface area (TPSA) is 136 Å². The smallest absolute Gasteiger partial charge is 0.359 e. The maximum Gasteiger partial charge on any atom is 0.359 e. The number of ether oxygens (including phenoxy) is 1. The predicted molar refractivity (Wildman–Crippen MR) is 121 cm³/mol. The van der Waals surface area contributed by atoms with Gasteiger partial charge in [0.15, 0.2) is 11.5 Å². The van der Waals surface area contributed by atoms with E-state index in [0.29, 0.717) is 28.7 Å². The summed E-state index contributed by atoms with van der Waals surface area (Å²) < 4.78 is 32.4. The minimum atomic E-state index is -3.80. The Bertz CT molecular complexity index is 1390. The van der Waals surface area contributed by atoms with Gasteiger partial charge in [-0.15, -0.1) is 20.4 Å². The molecule has 2 aromatic carbocycles. The summed E-state index contributed by atoms with van der Waals surface area (Å²) in [5, 5.41) is 21.2. The highest BCUT2D eigenvalue weighted by Crippen LogP contribution is 2.27. The number of benzene rings is 2. The fourth-order valence-corrected chi connectivity index (χ4v) is 4.82. The fraction of sp³-hybridized carbons (Fsp3) is 0.150. The van der Waals surface area contributed by atoms with Crippen molar-refractivity contribution in [2.75, 3.05) is 17.1 Å². The number of esters is 1. The number of rotatable bonds is 7. The zero-order valence-electron chi connectivity index (χ0n) is 17.1. The lowest BCUT2D eigenvalue weighted by Crippen LogP contribution is -2.12. The number of carbonyl (C=O) groups excluding carboxylic acids is 1. The van der Waals surface area contributed by atoms with Gasteiger partial charge in [0.05, 0.1) is 12.0 Å². The number of hydrogen-bond donors (Lipinski definition) is 2. The van der Waals surface area contributed by atoms with Gasteiger partial charge in [-0.05, 0) is 30.7 Å². The van der Waals surface area contributed by atoms with E-state index >= 15 is 0 Å². The van der Waals surface area contributed by atoms with Crippen LogP contribution in [0.1, 0.15) is 22.4 Å². The first-order chi connectivity index (χ1) is 15.4. The predicted octanol–water partition coefficient (Wildman–Crippen LogP) is 3.37. The first kappa shape index (κ1) is 21.6. The Morgan fingerprint density at radius 1 is 1.00 bits per heavy atom. The van der Waals surface area contributed by atoms with Crippen molar-refractivity contribution in [2.24, 2.45) is 0 Å². The lowest BCUT2D eigenvalue weighted by atomic mass is 10.1. The maximum atomic E-state index is 12.6. The molecule has 2 N–H and O–H groups in total. The van der Waals surface area contributed by atoms with Crippen LogP contribution >= 0.6 is 11.3 Å². The number of nitrogens with one attached hydrogen (secondary N) is 2. The third-order valence-corrected chi connectivity index (χ3v) is 6.95. The molecular weight excluding hydrogens is 452 g/mol. The van der Waals surface area contributed by atoms with Crippen LogP contribution in [0.4, 0.5) is 16.6 Å². The van der Waals surface area contributed by atoms with Crippen molar-refractivity contribution < 1.29 is 17.9 Å². The molecule has 0 aliphatic carbocycles. The average Bonchev–Trinajstić information content (AvgIpc) is 3.26. The van der Waals surface area contributed by atoms with Crippen molar-refractivity contribution in [2.45, 2.75) is 18.2 Å². The molecule has 0 saturated carbocycles. The number of sulfonamides is 1. The number of fused-ring (bicyclic) bond motifs is 1. The second-order valence-electron chi connectivity index (χ2n) is 6.54. The summed E-state index contributed by atoms with van der Waals surface area (Å²) in [5.74, 6) is -0.160. The van der Waals surface area contributed by atoms with Crippen LogP contribution in [0.5, 0.6) is 0 Å². The Kier molecular flexibility index (Phi) is 5.97. The number of anilines is 3. The van der Waals surface area contributed by atoms with Gasteiger partial charge in [0, 0.05) is 16.5 Å². The van der Waals surface area contributed by atoms with Gasteiger partial charge in [-0.2, -0.15) is 0 Å². The summed E-state index contributed by atoms with van der Waals surface area (Å²) >= 11 is 1.19. The average molecular weight is 471 g/mol. The van der Waals surface area contributed by atoms with E-state index in [9.17, 15) is 13.2 Å². The van der Waals surface area contributed by atoms with Crippen molar-refractivity contribution in [3.63, 3.8) is 0 Å². The molecule has 0 unspecified atom stereocenters. The molecule has 0 fully saturated rings. The quantitative estimate of drug-likeness (QED) is 0.390. The van der Waals surface area contributed by atoms with Gasteiger partial charge < -0.3 is 10.1 Å². The lowest BCUT2D eigenvalue weighted by Gasteiger charge is -2.11. The van der Waals surface area contributed by atoms with E-state index in [-0.39, 0.29) is 15.7 Å². The lowest BCUT2D eigenvalue weighted by molar-refractivity contribution is 0.0595. The standard InChI is InChI=1S/C20H18N6O4S2/c1-3-16-22-25-20(31-16)26-32(28,29)13-10-8-12(9-11-13)21-18-15-7-5-4-6-14(15)17(23-24-18)19(27)30-2/h4-11H,3H2,1-2H3,(H,21,24)(H,25,26). The molecule has 4 rings (SSSR count). The molecule has 0 atom stereocenters. The minimum absolute atomic E-state index is 0.0771. The second-order valence-corrected chi connectivity index (χ2v) is 9.29. The zero-order valence-corrected chi connectivity index (χ0v) is 18.7. The molecule has 0 spiro atoms. The van der Waals surface area contributed by atoms with Gasteiger partial charge in [0.1, 0.15) is 5.01 Å². The zero-order chi connectivity index (χ0) is 22.7. The molecule has 2 heterocycles. The van der Waals surface area contributed by atoms with Crippen molar-refractivity contribution >= 4 is 54.7 Å². The van der Waals surface area contributed by atoms with E-state index < -0.39 is 16.0 Å². The number of hydrogen-bond acceptors (Lipinski definition) is 10. The molecule has 0 amide bonds. The summed E-state index contributed by atoms with van der Waals surface area (Å²) in [4.78, 5) is 12.0. The molecule has 164 valence electrons. The first-order valence-corrected chi connectivity index (χ1v) is 11.8. The minimum Gasteiger partial charge on any atom is -0.464 e. The number of aromatic nitrogens is 4. The van der Waals surface area contributed by atoms with E-state index in [4.69, 9.17) is 4.74 Å². The summed E-state index contributed by atoms with van der Waals surface area (Å²) in [6, 6.07) is 13.3. The Labute approximate surface area is 187 Å². The second kappa shape index (κ2) is 8.85. The van der Waals surface area contributed by atoms with Gasteiger partial charge >= 0.3 is 5.97 Å². The Balaban J connectivity index is 1.58. The van der Waals surface area contributed by atoms with Crippen molar-refractivity contribution in [3.05, 3.63) is 59.2 Å². The summed E-state index contributed by atoms with van der Waals surface area (Å²) in [6.45, 7) is 1.92. The van der Waals surface area contributed by atoms with Gasteiger partial charge in [-0.3, -0.25) is 4.72 Å². The monoisotopic (exact) mass is 470 g/mol. The van der Waals surface area contributed by atoms with Gasteiger partial charge in [0.2, 0.25) is 5.13 Å². The molecule has 4 aromatic rings. The number of carbonyl (C=O) groups is 1. The largest absolute Gasteiger partial charge is 0.464 e. The maximum absolute atomic E-state index is 12.6. The summed E-state index contributed by atoms with van der Waals surface area (Å²) in [5.41, 5.74) is 0.711. The number of aryl methyl sites for hydroxylation is 1. The van der Waals surface area contributed by atoms with E-state index in [2.05, 4.69) is 30.4 Å². The molecule has 0 aliphatic heterocycles. The Morgan fingerprint density at radius 3 is 2.38 bits per heavy atom. The third kappa shape index (κ3) is 4.36. The Morgan fingerprint density at radius 2 is 1.72 bits per heavy atom. The summed E-state index contributed by atoms with van der Waals surface area (Å²) in [7, 11) is -2.52. The third-order valence-electron chi connectivity index (χ3n) is 4.48. The van der Waals surface area contributed by atoms with Crippen LogP contribution < -0.4 is 10.0 Å². The van der Waals surface area contributed by atoms with Gasteiger partial charge in [0.25, 0.3) is 10.0 Å². The van der Waals surface area contributed by atoms with Crippen LogP contribution in [0.15, 0.2) is 53.4 Å². The highest BCUT2D eigenvalue weighted by molar-refractivity contribution is 7.93. The molecule has 0 saturated heterocycles. The van der Waals surface area contributed by atoms with Crippen LogP contribution in [0, 0.1) is 0 Å².